The first-order chi connectivity index (χ1) is 13.1. The van der Waals surface area contributed by atoms with E-state index in [4.69, 9.17) is 21.1 Å². The molecule has 150 valence electrons. The summed E-state index contributed by atoms with van der Waals surface area (Å²) in [6.45, 7) is 6.31. The molecule has 1 aromatic carbocycles. The number of benzene rings is 1. The van der Waals surface area contributed by atoms with E-state index in [2.05, 4.69) is 4.98 Å². The van der Waals surface area contributed by atoms with Gasteiger partial charge < -0.3 is 14.5 Å². The molecule has 0 aliphatic rings. The SMILES string of the molecule is CCOC(=O)c1c(C)[nH]c(C(=O)[C@@H](C)OC(=O)c2cc(F)c(F)cc2Cl)c1C. The molecular weight excluding hydrogens is 396 g/mol. The van der Waals surface area contributed by atoms with Crippen molar-refractivity contribution >= 4 is 29.3 Å². The number of hydrogen-bond donors (Lipinski definition) is 1. The van der Waals surface area contributed by atoms with Crippen LogP contribution >= 0.6 is 11.6 Å². The number of carbonyl (C=O) groups is 3. The van der Waals surface area contributed by atoms with Crippen molar-refractivity contribution in [1.82, 2.24) is 4.98 Å². The Balaban J connectivity index is 2.24. The lowest BCUT2D eigenvalue weighted by molar-refractivity contribution is 0.0316. The minimum atomic E-state index is -1.27. The van der Waals surface area contributed by atoms with Gasteiger partial charge in [-0.2, -0.15) is 0 Å². The van der Waals surface area contributed by atoms with Crippen LogP contribution in [0, 0.1) is 25.5 Å². The number of H-pyrrole nitrogens is 1. The van der Waals surface area contributed by atoms with E-state index in [1.807, 2.05) is 0 Å². The van der Waals surface area contributed by atoms with Gasteiger partial charge in [-0.3, -0.25) is 4.79 Å². The van der Waals surface area contributed by atoms with Crippen molar-refractivity contribution in [3.05, 3.63) is 56.9 Å². The Morgan fingerprint density at radius 2 is 1.75 bits per heavy atom. The fraction of sp³-hybridized carbons (Fsp3) is 0.316. The van der Waals surface area contributed by atoms with Crippen LogP contribution in [0.1, 0.15) is 56.3 Å². The number of aryl methyl sites for hydroxylation is 1. The Labute approximate surface area is 164 Å². The minimum absolute atomic E-state index is 0.0808. The van der Waals surface area contributed by atoms with Crippen LogP contribution < -0.4 is 0 Å². The molecule has 0 aliphatic heterocycles. The van der Waals surface area contributed by atoms with Gasteiger partial charge in [0.1, 0.15) is 0 Å². The van der Waals surface area contributed by atoms with Crippen LogP contribution in [0.3, 0.4) is 0 Å². The Morgan fingerprint density at radius 3 is 2.36 bits per heavy atom. The molecule has 1 N–H and O–H groups in total. The van der Waals surface area contributed by atoms with E-state index in [0.29, 0.717) is 23.4 Å². The molecule has 0 aliphatic carbocycles. The third-order valence-electron chi connectivity index (χ3n) is 4.05. The first-order valence-electron chi connectivity index (χ1n) is 8.34. The summed E-state index contributed by atoms with van der Waals surface area (Å²) in [5.41, 5.74) is 0.688. The maximum absolute atomic E-state index is 13.4. The summed E-state index contributed by atoms with van der Waals surface area (Å²) in [5, 5.41) is -0.347. The molecule has 9 heteroatoms. The zero-order valence-electron chi connectivity index (χ0n) is 15.6. The molecule has 1 heterocycles. The highest BCUT2D eigenvalue weighted by Crippen LogP contribution is 2.23. The number of esters is 2. The second kappa shape index (κ2) is 8.52. The summed E-state index contributed by atoms with van der Waals surface area (Å²) in [4.78, 5) is 39.7. The molecular formula is C19H18ClF2NO5. The lowest BCUT2D eigenvalue weighted by Gasteiger charge is -2.13. The molecule has 0 saturated heterocycles. The van der Waals surface area contributed by atoms with E-state index in [9.17, 15) is 23.2 Å². The number of ketones is 1. The van der Waals surface area contributed by atoms with Gasteiger partial charge in [0.15, 0.2) is 17.7 Å². The van der Waals surface area contributed by atoms with E-state index in [1.54, 1.807) is 20.8 Å². The summed E-state index contributed by atoms with van der Waals surface area (Å²) in [6.07, 6.45) is -1.27. The second-order valence-electron chi connectivity index (χ2n) is 6.00. The van der Waals surface area contributed by atoms with E-state index < -0.39 is 41.0 Å². The number of nitrogens with one attached hydrogen (secondary N) is 1. The van der Waals surface area contributed by atoms with Gasteiger partial charge >= 0.3 is 11.9 Å². The largest absolute Gasteiger partial charge is 0.462 e. The molecule has 2 aromatic rings. The number of ether oxygens (including phenoxy) is 2. The van der Waals surface area contributed by atoms with Gasteiger partial charge in [0.25, 0.3) is 0 Å². The fourth-order valence-electron chi connectivity index (χ4n) is 2.67. The standard InChI is InChI=1S/C19H18ClF2NO5/c1-5-27-19(26)15-8(2)16(23-9(15)3)17(24)10(4)28-18(25)11-6-13(21)14(22)7-12(11)20/h6-7,10,23H,5H2,1-4H3/t10-/m1/s1. The van der Waals surface area contributed by atoms with Gasteiger partial charge in [-0.25, -0.2) is 18.4 Å². The Bertz CT molecular complexity index is 954. The highest BCUT2D eigenvalue weighted by atomic mass is 35.5. The molecule has 0 amide bonds. The first kappa shape index (κ1) is 21.6. The maximum atomic E-state index is 13.4. The van der Waals surface area contributed by atoms with Crippen LogP contribution in [0.2, 0.25) is 5.02 Å². The monoisotopic (exact) mass is 413 g/mol. The number of halogens is 3. The molecule has 2 rings (SSSR count). The van der Waals surface area contributed by atoms with Crippen molar-refractivity contribution < 1.29 is 32.6 Å². The second-order valence-corrected chi connectivity index (χ2v) is 6.41. The zero-order chi connectivity index (χ0) is 21.2. The predicted molar refractivity (Wildman–Crippen MR) is 96.8 cm³/mol. The molecule has 0 fully saturated rings. The number of aromatic nitrogens is 1. The lowest BCUT2D eigenvalue weighted by Crippen LogP contribution is -2.25. The molecule has 1 atom stereocenters. The Hall–Kier alpha value is -2.74. The molecule has 0 radical (unpaired) electrons. The van der Waals surface area contributed by atoms with Crippen LogP contribution in [-0.4, -0.2) is 35.4 Å². The van der Waals surface area contributed by atoms with Gasteiger partial charge in [0.05, 0.1) is 28.5 Å². The molecule has 28 heavy (non-hydrogen) atoms. The predicted octanol–water partition coefficient (Wildman–Crippen LogP) is 4.17. The van der Waals surface area contributed by atoms with Crippen molar-refractivity contribution in [2.75, 3.05) is 6.61 Å². The number of aromatic amines is 1. The summed E-state index contributed by atoms with van der Waals surface area (Å²) < 4.78 is 36.5. The third-order valence-corrected chi connectivity index (χ3v) is 4.36. The van der Waals surface area contributed by atoms with Crippen LogP contribution in [0.25, 0.3) is 0 Å². The normalized spacial score (nSPS) is 11.8. The molecule has 6 nitrogen and oxygen atoms in total. The zero-order valence-corrected chi connectivity index (χ0v) is 16.4. The average Bonchev–Trinajstić information content (AvgIpc) is 2.91. The van der Waals surface area contributed by atoms with E-state index in [1.165, 1.54) is 6.92 Å². The topological polar surface area (TPSA) is 85.5 Å². The quantitative estimate of drug-likeness (QED) is 0.436. The van der Waals surface area contributed by atoms with Gasteiger partial charge in [-0.15, -0.1) is 0 Å². The summed E-state index contributed by atoms with van der Waals surface area (Å²) in [7, 11) is 0. The van der Waals surface area contributed by atoms with E-state index in [0.717, 1.165) is 0 Å². The number of hydrogen-bond acceptors (Lipinski definition) is 5. The van der Waals surface area contributed by atoms with Crippen LogP contribution in [0.4, 0.5) is 8.78 Å². The van der Waals surface area contributed by atoms with Crippen molar-refractivity contribution in [3.8, 4) is 0 Å². The highest BCUT2D eigenvalue weighted by Gasteiger charge is 2.28. The number of carbonyl (C=O) groups excluding carboxylic acids is 3. The average molecular weight is 414 g/mol. The highest BCUT2D eigenvalue weighted by molar-refractivity contribution is 6.33. The fourth-order valence-corrected chi connectivity index (χ4v) is 2.89. The molecule has 0 saturated carbocycles. The van der Waals surface area contributed by atoms with Crippen molar-refractivity contribution in [2.24, 2.45) is 0 Å². The molecule has 0 unspecified atom stereocenters. The summed E-state index contributed by atoms with van der Waals surface area (Å²) in [6, 6.07) is 1.24. The maximum Gasteiger partial charge on any atom is 0.340 e. The minimum Gasteiger partial charge on any atom is -0.462 e. The van der Waals surface area contributed by atoms with Crippen molar-refractivity contribution in [1.29, 1.82) is 0 Å². The lowest BCUT2D eigenvalue weighted by atomic mass is 10.1. The number of Topliss-reactive ketones (excluding diaryl/α,β-unsaturated/α-hetero) is 1. The first-order valence-corrected chi connectivity index (χ1v) is 8.72. The number of rotatable bonds is 6. The molecule has 0 spiro atoms. The van der Waals surface area contributed by atoms with Gasteiger partial charge in [0, 0.05) is 5.69 Å². The molecule has 1 aromatic heterocycles. The van der Waals surface area contributed by atoms with Crippen molar-refractivity contribution in [2.45, 2.75) is 33.8 Å². The van der Waals surface area contributed by atoms with Gasteiger partial charge in [0.2, 0.25) is 5.78 Å². The van der Waals surface area contributed by atoms with Crippen LogP contribution in [0.5, 0.6) is 0 Å². The Morgan fingerprint density at radius 1 is 1.14 bits per heavy atom. The smallest absolute Gasteiger partial charge is 0.340 e. The van der Waals surface area contributed by atoms with Gasteiger partial charge in [-0.1, -0.05) is 11.6 Å². The Kier molecular flexibility index (Phi) is 6.56. The third kappa shape index (κ3) is 4.22. The van der Waals surface area contributed by atoms with Crippen LogP contribution in [-0.2, 0) is 9.47 Å². The van der Waals surface area contributed by atoms with Crippen molar-refractivity contribution in [3.63, 3.8) is 0 Å². The van der Waals surface area contributed by atoms with E-state index >= 15 is 0 Å². The van der Waals surface area contributed by atoms with Gasteiger partial charge in [-0.05, 0) is 45.4 Å². The van der Waals surface area contributed by atoms with E-state index in [-0.39, 0.29) is 22.9 Å². The molecule has 0 bridgehead atoms. The van der Waals surface area contributed by atoms with Crippen LogP contribution in [0.15, 0.2) is 12.1 Å². The summed E-state index contributed by atoms with van der Waals surface area (Å²) in [5.74, 6) is -4.76. The summed E-state index contributed by atoms with van der Waals surface area (Å²) >= 11 is 5.74.